The van der Waals surface area contributed by atoms with Gasteiger partial charge in [-0.05, 0) is 24.6 Å². The number of nitrogen functional groups attached to an aromatic ring is 1. The summed E-state index contributed by atoms with van der Waals surface area (Å²) in [6, 6.07) is 6.63. The van der Waals surface area contributed by atoms with Gasteiger partial charge < -0.3 is 10.8 Å². The van der Waals surface area contributed by atoms with Crippen molar-refractivity contribution in [3.63, 3.8) is 0 Å². The third-order valence-electron chi connectivity index (χ3n) is 1.94. The van der Waals surface area contributed by atoms with Crippen LogP contribution in [0.25, 0.3) is 0 Å². The summed E-state index contributed by atoms with van der Waals surface area (Å²) in [7, 11) is -3.39. The number of sulfonamides is 1. The van der Waals surface area contributed by atoms with Crippen LogP contribution in [0.5, 0.6) is 0 Å². The molecule has 0 radical (unpaired) electrons. The molecule has 0 bridgehead atoms. The second kappa shape index (κ2) is 5.29. The Hall–Kier alpha value is -1.11. The van der Waals surface area contributed by atoms with E-state index in [2.05, 4.69) is 4.72 Å². The Morgan fingerprint density at radius 1 is 1.38 bits per heavy atom. The Balaban J connectivity index is 2.62. The summed E-state index contributed by atoms with van der Waals surface area (Å²) in [6.07, 6.45) is -0.693. The first-order valence-electron chi connectivity index (χ1n) is 4.89. The van der Waals surface area contributed by atoms with Crippen molar-refractivity contribution in [3.05, 3.63) is 29.8 Å². The third kappa shape index (κ3) is 4.61. The quantitative estimate of drug-likeness (QED) is 0.639. The summed E-state index contributed by atoms with van der Waals surface area (Å²) in [6.45, 7) is 1.54. The van der Waals surface area contributed by atoms with Gasteiger partial charge in [-0.15, -0.1) is 0 Å². The van der Waals surface area contributed by atoms with Gasteiger partial charge in [0.2, 0.25) is 10.0 Å². The van der Waals surface area contributed by atoms with Crippen molar-refractivity contribution >= 4 is 15.7 Å². The molecule has 4 N–H and O–H groups in total. The van der Waals surface area contributed by atoms with E-state index in [0.29, 0.717) is 11.3 Å². The maximum absolute atomic E-state index is 11.5. The van der Waals surface area contributed by atoms with Crippen molar-refractivity contribution in [2.24, 2.45) is 0 Å². The number of aliphatic hydroxyl groups excluding tert-OH is 1. The Labute approximate surface area is 95.3 Å². The van der Waals surface area contributed by atoms with Crippen molar-refractivity contribution in [3.8, 4) is 0 Å². The Bertz CT molecular complexity index is 426. The first kappa shape index (κ1) is 13.0. The lowest BCUT2D eigenvalue weighted by Crippen LogP contribution is -2.31. The molecule has 0 heterocycles. The van der Waals surface area contributed by atoms with E-state index in [1.807, 2.05) is 0 Å². The van der Waals surface area contributed by atoms with Crippen LogP contribution in [0.2, 0.25) is 0 Å². The van der Waals surface area contributed by atoms with Crippen molar-refractivity contribution in [2.75, 3.05) is 12.3 Å². The van der Waals surface area contributed by atoms with Crippen LogP contribution in [0.3, 0.4) is 0 Å². The summed E-state index contributed by atoms with van der Waals surface area (Å²) >= 11 is 0. The molecule has 0 fully saturated rings. The molecular formula is C10H16N2O3S. The van der Waals surface area contributed by atoms with E-state index in [0.717, 1.165) is 0 Å². The number of anilines is 1. The molecule has 0 saturated carbocycles. The zero-order chi connectivity index (χ0) is 12.2. The molecule has 90 valence electrons. The van der Waals surface area contributed by atoms with Crippen molar-refractivity contribution in [1.82, 2.24) is 4.72 Å². The molecule has 0 unspecified atom stereocenters. The van der Waals surface area contributed by atoms with Crippen LogP contribution >= 0.6 is 0 Å². The van der Waals surface area contributed by atoms with Gasteiger partial charge in [0.15, 0.2) is 0 Å². The third-order valence-corrected chi connectivity index (χ3v) is 3.25. The van der Waals surface area contributed by atoms with Gasteiger partial charge in [-0.3, -0.25) is 0 Å². The van der Waals surface area contributed by atoms with Gasteiger partial charge in [-0.2, -0.15) is 0 Å². The Morgan fingerprint density at radius 3 is 2.44 bits per heavy atom. The summed E-state index contributed by atoms with van der Waals surface area (Å²) in [4.78, 5) is 0. The van der Waals surface area contributed by atoms with E-state index in [4.69, 9.17) is 10.8 Å². The molecule has 0 aromatic heterocycles. The minimum atomic E-state index is -3.39. The second-order valence-corrected chi connectivity index (χ2v) is 5.50. The molecule has 0 amide bonds. The molecule has 16 heavy (non-hydrogen) atoms. The lowest BCUT2D eigenvalue weighted by molar-refractivity contribution is 0.198. The number of aliphatic hydroxyl groups is 1. The summed E-state index contributed by atoms with van der Waals surface area (Å²) in [5.74, 6) is -0.111. The molecule has 0 aliphatic rings. The predicted octanol–water partition coefficient (Wildman–Crippen LogP) is 0.0690. The number of benzene rings is 1. The van der Waals surface area contributed by atoms with E-state index in [1.54, 1.807) is 24.3 Å². The molecule has 0 spiro atoms. The number of nitrogens with one attached hydrogen (secondary N) is 1. The van der Waals surface area contributed by atoms with Gasteiger partial charge in [0, 0.05) is 12.2 Å². The predicted molar refractivity (Wildman–Crippen MR) is 63.2 cm³/mol. The van der Waals surface area contributed by atoms with Gasteiger partial charge in [0.1, 0.15) is 0 Å². The molecule has 0 aliphatic carbocycles. The van der Waals surface area contributed by atoms with Crippen molar-refractivity contribution in [2.45, 2.75) is 18.8 Å². The van der Waals surface area contributed by atoms with Gasteiger partial charge in [0.25, 0.3) is 0 Å². The average molecular weight is 244 g/mol. The lowest BCUT2D eigenvalue weighted by atomic mass is 10.2. The van der Waals surface area contributed by atoms with E-state index in [-0.39, 0.29) is 12.3 Å². The monoisotopic (exact) mass is 244 g/mol. The van der Waals surface area contributed by atoms with E-state index in [9.17, 15) is 8.42 Å². The normalized spacial score (nSPS) is 13.6. The van der Waals surface area contributed by atoms with E-state index in [1.165, 1.54) is 6.92 Å². The number of hydrogen-bond donors (Lipinski definition) is 3. The lowest BCUT2D eigenvalue weighted by Gasteiger charge is -2.08. The van der Waals surface area contributed by atoms with Gasteiger partial charge >= 0.3 is 0 Å². The van der Waals surface area contributed by atoms with Crippen LogP contribution in [0.1, 0.15) is 12.5 Å². The molecule has 1 aromatic rings. The topological polar surface area (TPSA) is 92.4 Å². The SMILES string of the molecule is C[C@H](O)CNS(=O)(=O)Cc1ccc(N)cc1. The minimum Gasteiger partial charge on any atom is -0.399 e. The van der Waals surface area contributed by atoms with Crippen LogP contribution < -0.4 is 10.5 Å². The number of rotatable bonds is 5. The highest BCUT2D eigenvalue weighted by Gasteiger charge is 2.11. The molecule has 1 rings (SSSR count). The average Bonchev–Trinajstić information content (AvgIpc) is 2.19. The largest absolute Gasteiger partial charge is 0.399 e. The van der Waals surface area contributed by atoms with Gasteiger partial charge in [0.05, 0.1) is 11.9 Å². The zero-order valence-electron chi connectivity index (χ0n) is 9.05. The molecule has 6 heteroatoms. The highest BCUT2D eigenvalue weighted by molar-refractivity contribution is 7.88. The molecule has 1 atom stereocenters. The highest BCUT2D eigenvalue weighted by atomic mass is 32.2. The molecule has 5 nitrogen and oxygen atoms in total. The van der Waals surface area contributed by atoms with Crippen LogP contribution in [0, 0.1) is 0 Å². The van der Waals surface area contributed by atoms with Crippen LogP contribution in [0.4, 0.5) is 5.69 Å². The smallest absolute Gasteiger partial charge is 0.215 e. The summed E-state index contributed by atoms with van der Waals surface area (Å²) in [5, 5.41) is 8.97. The van der Waals surface area contributed by atoms with Crippen LogP contribution in [-0.4, -0.2) is 26.2 Å². The fraction of sp³-hybridized carbons (Fsp3) is 0.400. The zero-order valence-corrected chi connectivity index (χ0v) is 9.87. The van der Waals surface area contributed by atoms with Gasteiger partial charge in [-0.25, -0.2) is 13.1 Å². The standard InChI is InChI=1S/C10H16N2O3S/c1-8(13)6-12-16(14,15)7-9-2-4-10(11)5-3-9/h2-5,8,12-13H,6-7,11H2,1H3/t8-/m0/s1. The minimum absolute atomic E-state index is 0.0251. The Morgan fingerprint density at radius 2 is 1.94 bits per heavy atom. The first-order chi connectivity index (χ1) is 7.39. The molecule has 1 aromatic carbocycles. The molecule has 0 aliphatic heterocycles. The highest BCUT2D eigenvalue weighted by Crippen LogP contribution is 2.08. The van der Waals surface area contributed by atoms with Crippen LogP contribution in [0.15, 0.2) is 24.3 Å². The van der Waals surface area contributed by atoms with E-state index < -0.39 is 16.1 Å². The maximum Gasteiger partial charge on any atom is 0.215 e. The molecular weight excluding hydrogens is 228 g/mol. The fourth-order valence-electron chi connectivity index (χ4n) is 1.13. The first-order valence-corrected chi connectivity index (χ1v) is 6.54. The van der Waals surface area contributed by atoms with Crippen molar-refractivity contribution < 1.29 is 13.5 Å². The van der Waals surface area contributed by atoms with Crippen molar-refractivity contribution in [1.29, 1.82) is 0 Å². The number of hydrogen-bond acceptors (Lipinski definition) is 4. The Kier molecular flexibility index (Phi) is 4.28. The summed E-state index contributed by atoms with van der Waals surface area (Å²) < 4.78 is 25.4. The summed E-state index contributed by atoms with van der Waals surface area (Å²) in [5.41, 5.74) is 6.75. The second-order valence-electron chi connectivity index (χ2n) is 3.70. The van der Waals surface area contributed by atoms with Gasteiger partial charge in [-0.1, -0.05) is 12.1 Å². The maximum atomic E-state index is 11.5. The fourth-order valence-corrected chi connectivity index (χ4v) is 2.36. The molecule has 0 saturated heterocycles. The van der Waals surface area contributed by atoms with E-state index >= 15 is 0 Å². The van der Waals surface area contributed by atoms with Crippen LogP contribution in [-0.2, 0) is 15.8 Å². The number of nitrogens with two attached hydrogens (primary N) is 1.